The molecule has 2 atom stereocenters. The zero-order valence-electron chi connectivity index (χ0n) is 12.6. The van der Waals surface area contributed by atoms with E-state index in [1.54, 1.807) is 0 Å². The van der Waals surface area contributed by atoms with E-state index in [0.717, 1.165) is 11.6 Å². The van der Waals surface area contributed by atoms with Crippen molar-refractivity contribution < 1.29 is 4.74 Å². The molecule has 1 aliphatic rings. The van der Waals surface area contributed by atoms with Crippen LogP contribution >= 0.6 is 11.6 Å². The molecule has 1 aromatic carbocycles. The number of hydrogen-bond donors (Lipinski definition) is 1. The van der Waals surface area contributed by atoms with E-state index < -0.39 is 0 Å². The van der Waals surface area contributed by atoms with E-state index in [1.165, 1.54) is 37.7 Å². The van der Waals surface area contributed by atoms with Crippen molar-refractivity contribution in [3.8, 4) is 0 Å². The fourth-order valence-electron chi connectivity index (χ4n) is 3.38. The normalized spacial score (nSPS) is 19.8. The van der Waals surface area contributed by atoms with E-state index in [1.807, 2.05) is 19.2 Å². The summed E-state index contributed by atoms with van der Waals surface area (Å²) in [5, 5.41) is 4.24. The summed E-state index contributed by atoms with van der Waals surface area (Å²) in [5.41, 5.74) is 1.23. The molecule has 1 aromatic rings. The van der Waals surface area contributed by atoms with Crippen LogP contribution in [0.25, 0.3) is 0 Å². The van der Waals surface area contributed by atoms with Gasteiger partial charge in [-0.2, -0.15) is 0 Å². The molecule has 0 aliphatic heterocycles. The highest BCUT2D eigenvalue weighted by Crippen LogP contribution is 2.34. The van der Waals surface area contributed by atoms with E-state index in [0.29, 0.717) is 5.92 Å². The molecule has 1 N–H and O–H groups in total. The number of nitrogens with one attached hydrogen (secondary N) is 1. The highest BCUT2D eigenvalue weighted by atomic mass is 35.5. The van der Waals surface area contributed by atoms with Gasteiger partial charge in [-0.1, -0.05) is 43.0 Å². The van der Waals surface area contributed by atoms with Gasteiger partial charge in [0.05, 0.1) is 12.1 Å². The van der Waals surface area contributed by atoms with E-state index in [4.69, 9.17) is 16.3 Å². The van der Waals surface area contributed by atoms with Gasteiger partial charge in [0.25, 0.3) is 0 Å². The first-order valence-corrected chi connectivity index (χ1v) is 8.18. The Balaban J connectivity index is 2.19. The number of ether oxygens (including phenoxy) is 1. The summed E-state index contributed by atoms with van der Waals surface area (Å²) in [6.07, 6.45) is 6.84. The number of benzene rings is 1. The molecule has 1 aliphatic carbocycles. The van der Waals surface area contributed by atoms with Gasteiger partial charge in [-0.15, -0.1) is 0 Å². The van der Waals surface area contributed by atoms with Crippen molar-refractivity contribution in [1.82, 2.24) is 5.32 Å². The van der Waals surface area contributed by atoms with E-state index in [9.17, 15) is 0 Å². The van der Waals surface area contributed by atoms with Crippen molar-refractivity contribution in [3.63, 3.8) is 0 Å². The van der Waals surface area contributed by atoms with Crippen molar-refractivity contribution >= 4 is 11.6 Å². The van der Waals surface area contributed by atoms with Crippen LogP contribution in [0.3, 0.4) is 0 Å². The van der Waals surface area contributed by atoms with Crippen molar-refractivity contribution in [2.45, 2.75) is 51.2 Å². The largest absolute Gasteiger partial charge is 0.376 e. The van der Waals surface area contributed by atoms with E-state index in [2.05, 4.69) is 24.4 Å². The van der Waals surface area contributed by atoms with Crippen LogP contribution in [0.1, 0.15) is 50.6 Å². The lowest BCUT2D eigenvalue weighted by Crippen LogP contribution is -2.38. The Labute approximate surface area is 127 Å². The summed E-state index contributed by atoms with van der Waals surface area (Å²) < 4.78 is 6.12. The molecule has 2 unspecified atom stereocenters. The molecule has 0 bridgehead atoms. The van der Waals surface area contributed by atoms with Crippen molar-refractivity contribution in [2.24, 2.45) is 5.92 Å². The quantitative estimate of drug-likeness (QED) is 0.829. The molecule has 0 saturated heterocycles. The highest BCUT2D eigenvalue weighted by molar-refractivity contribution is 6.30. The first kappa shape index (κ1) is 15.8. The summed E-state index contributed by atoms with van der Waals surface area (Å²) >= 11 is 6.14. The second kappa shape index (κ2) is 8.02. The van der Waals surface area contributed by atoms with Crippen molar-refractivity contribution in [1.29, 1.82) is 0 Å². The summed E-state index contributed by atoms with van der Waals surface area (Å²) in [4.78, 5) is 0. The van der Waals surface area contributed by atoms with Crippen LogP contribution in [0.2, 0.25) is 5.02 Å². The summed E-state index contributed by atoms with van der Waals surface area (Å²) in [6.45, 7) is 2.85. The Bertz CT molecular complexity index is 404. The molecule has 3 heteroatoms. The maximum atomic E-state index is 6.14. The topological polar surface area (TPSA) is 21.3 Å². The van der Waals surface area contributed by atoms with E-state index in [-0.39, 0.29) is 12.1 Å². The molecular formula is C17H26ClNO. The SMILES string of the molecule is CCOC(C1CCCCC1)C(NC)c1cccc(Cl)c1. The van der Waals surface area contributed by atoms with Gasteiger partial charge in [-0.25, -0.2) is 0 Å². The number of rotatable bonds is 6. The van der Waals surface area contributed by atoms with Crippen LogP contribution in [0.4, 0.5) is 0 Å². The van der Waals surface area contributed by atoms with Crippen LogP contribution in [0, 0.1) is 5.92 Å². The third-order valence-electron chi connectivity index (χ3n) is 4.32. The molecule has 0 spiro atoms. The van der Waals surface area contributed by atoms with Crippen LogP contribution in [0.15, 0.2) is 24.3 Å². The smallest absolute Gasteiger partial charge is 0.0797 e. The first-order chi connectivity index (χ1) is 9.76. The summed E-state index contributed by atoms with van der Waals surface area (Å²) in [6, 6.07) is 8.36. The first-order valence-electron chi connectivity index (χ1n) is 7.80. The standard InChI is InChI=1S/C17H26ClNO/c1-3-20-17(13-8-5-4-6-9-13)16(19-2)14-10-7-11-15(18)12-14/h7,10-13,16-17,19H,3-6,8-9H2,1-2H3. The molecular weight excluding hydrogens is 270 g/mol. The second-order valence-corrected chi connectivity index (χ2v) is 6.08. The molecule has 0 radical (unpaired) electrons. The number of likely N-dealkylation sites (N-methyl/N-ethyl adjacent to an activating group) is 1. The van der Waals surface area contributed by atoms with Crippen molar-refractivity contribution in [2.75, 3.05) is 13.7 Å². The van der Waals surface area contributed by atoms with Gasteiger partial charge in [0.1, 0.15) is 0 Å². The maximum Gasteiger partial charge on any atom is 0.0797 e. The molecule has 1 fully saturated rings. The Kier molecular flexibility index (Phi) is 6.34. The summed E-state index contributed by atoms with van der Waals surface area (Å²) in [5.74, 6) is 0.653. The lowest BCUT2D eigenvalue weighted by molar-refractivity contribution is -0.0167. The zero-order valence-corrected chi connectivity index (χ0v) is 13.3. The predicted molar refractivity (Wildman–Crippen MR) is 85.2 cm³/mol. The fourth-order valence-corrected chi connectivity index (χ4v) is 3.58. The molecule has 1 saturated carbocycles. The monoisotopic (exact) mass is 295 g/mol. The minimum absolute atomic E-state index is 0.219. The van der Waals surface area contributed by atoms with Crippen LogP contribution in [0.5, 0.6) is 0 Å². The third kappa shape index (κ3) is 3.97. The van der Waals surface area contributed by atoms with Crippen molar-refractivity contribution in [3.05, 3.63) is 34.9 Å². The zero-order chi connectivity index (χ0) is 14.4. The lowest BCUT2D eigenvalue weighted by atomic mass is 9.81. The average Bonchev–Trinajstić information content (AvgIpc) is 2.48. The minimum atomic E-state index is 0.219. The molecule has 112 valence electrons. The Morgan fingerprint density at radius 3 is 2.65 bits per heavy atom. The Morgan fingerprint density at radius 1 is 1.30 bits per heavy atom. The van der Waals surface area contributed by atoms with Crippen LogP contribution in [-0.4, -0.2) is 19.8 Å². The van der Waals surface area contributed by atoms with Gasteiger partial charge in [-0.3, -0.25) is 0 Å². The summed E-state index contributed by atoms with van der Waals surface area (Å²) in [7, 11) is 2.01. The number of hydrogen-bond acceptors (Lipinski definition) is 2. The average molecular weight is 296 g/mol. The fraction of sp³-hybridized carbons (Fsp3) is 0.647. The molecule has 0 aromatic heterocycles. The second-order valence-electron chi connectivity index (χ2n) is 5.64. The molecule has 2 rings (SSSR count). The molecule has 0 heterocycles. The Morgan fingerprint density at radius 2 is 2.05 bits per heavy atom. The molecule has 2 nitrogen and oxygen atoms in total. The van der Waals surface area contributed by atoms with Gasteiger partial charge in [-0.05, 0) is 50.4 Å². The molecule has 0 amide bonds. The van der Waals surface area contributed by atoms with E-state index >= 15 is 0 Å². The lowest BCUT2D eigenvalue weighted by Gasteiger charge is -2.35. The van der Waals surface area contributed by atoms with Gasteiger partial charge in [0.15, 0.2) is 0 Å². The third-order valence-corrected chi connectivity index (χ3v) is 4.56. The Hall–Kier alpha value is -0.570. The highest BCUT2D eigenvalue weighted by Gasteiger charge is 2.31. The maximum absolute atomic E-state index is 6.14. The number of halogens is 1. The van der Waals surface area contributed by atoms with Gasteiger partial charge in [0.2, 0.25) is 0 Å². The minimum Gasteiger partial charge on any atom is -0.376 e. The van der Waals surface area contributed by atoms with Gasteiger partial charge < -0.3 is 10.1 Å². The molecule has 20 heavy (non-hydrogen) atoms. The predicted octanol–water partition coefficient (Wildman–Crippen LogP) is 4.59. The van der Waals surface area contributed by atoms with Crippen LogP contribution in [-0.2, 0) is 4.74 Å². The van der Waals surface area contributed by atoms with Crippen LogP contribution < -0.4 is 5.32 Å². The van der Waals surface area contributed by atoms with Gasteiger partial charge in [0, 0.05) is 11.6 Å². The van der Waals surface area contributed by atoms with Gasteiger partial charge >= 0.3 is 0 Å².